The Kier molecular flexibility index (Phi) is 2.91. The van der Waals surface area contributed by atoms with Crippen LogP contribution in [0.15, 0.2) is 12.1 Å². The Balaban J connectivity index is 2.27. The van der Waals surface area contributed by atoms with Crippen LogP contribution in [0.3, 0.4) is 0 Å². The molecule has 1 saturated heterocycles. The van der Waals surface area contributed by atoms with Crippen molar-refractivity contribution >= 4 is 5.69 Å². The van der Waals surface area contributed by atoms with E-state index in [-0.39, 0.29) is 0 Å². The largest absolute Gasteiger partial charge is 0.365 e. The van der Waals surface area contributed by atoms with Crippen molar-refractivity contribution in [3.8, 4) is 0 Å². The van der Waals surface area contributed by atoms with Gasteiger partial charge in [-0.3, -0.25) is 4.98 Å². The van der Waals surface area contributed by atoms with Crippen LogP contribution in [0.5, 0.6) is 0 Å². The van der Waals surface area contributed by atoms with E-state index in [4.69, 9.17) is 0 Å². The van der Waals surface area contributed by atoms with Crippen molar-refractivity contribution in [2.24, 2.45) is 0 Å². The first-order valence-corrected chi connectivity index (χ1v) is 5.60. The highest BCUT2D eigenvalue weighted by molar-refractivity contribution is 5.52. The van der Waals surface area contributed by atoms with Gasteiger partial charge >= 0.3 is 0 Å². The molecule has 0 radical (unpaired) electrons. The number of pyridine rings is 1. The monoisotopic (exact) mass is 205 g/mol. The van der Waals surface area contributed by atoms with Crippen LogP contribution in [0.4, 0.5) is 5.69 Å². The molecule has 3 nitrogen and oxygen atoms in total. The number of aromatic nitrogens is 1. The molecule has 0 spiro atoms. The molecular formula is C12H19N3. The number of anilines is 1. The lowest BCUT2D eigenvalue weighted by molar-refractivity contribution is 0.499. The van der Waals surface area contributed by atoms with Gasteiger partial charge in [-0.25, -0.2) is 0 Å². The second kappa shape index (κ2) is 4.19. The third kappa shape index (κ3) is 2.12. The second-order valence-electron chi connectivity index (χ2n) is 4.30. The van der Waals surface area contributed by atoms with E-state index in [0.29, 0.717) is 6.04 Å². The minimum atomic E-state index is 0.557. The highest BCUT2D eigenvalue weighted by Gasteiger charge is 2.19. The molecule has 1 fully saturated rings. The van der Waals surface area contributed by atoms with Gasteiger partial charge < -0.3 is 10.2 Å². The Hall–Kier alpha value is -1.09. The Morgan fingerprint density at radius 3 is 2.87 bits per heavy atom. The van der Waals surface area contributed by atoms with Crippen LogP contribution in [0.1, 0.15) is 18.3 Å². The van der Waals surface area contributed by atoms with Crippen LogP contribution >= 0.6 is 0 Å². The molecule has 2 rings (SSSR count). The summed E-state index contributed by atoms with van der Waals surface area (Å²) in [4.78, 5) is 6.96. The summed E-state index contributed by atoms with van der Waals surface area (Å²) < 4.78 is 0. The van der Waals surface area contributed by atoms with Crippen LogP contribution < -0.4 is 10.2 Å². The fourth-order valence-electron chi connectivity index (χ4n) is 2.18. The molecule has 0 saturated carbocycles. The van der Waals surface area contributed by atoms with Crippen LogP contribution in [0.25, 0.3) is 0 Å². The molecule has 0 aromatic carbocycles. The summed E-state index contributed by atoms with van der Waals surface area (Å²) >= 11 is 0. The molecule has 1 aromatic heterocycles. The molecule has 1 atom stereocenters. The highest BCUT2D eigenvalue weighted by Crippen LogP contribution is 2.21. The van der Waals surface area contributed by atoms with Crippen molar-refractivity contribution in [1.82, 2.24) is 10.3 Å². The van der Waals surface area contributed by atoms with Gasteiger partial charge in [-0.1, -0.05) is 0 Å². The zero-order valence-corrected chi connectivity index (χ0v) is 9.75. The Morgan fingerprint density at radius 2 is 2.20 bits per heavy atom. The maximum atomic E-state index is 4.52. The van der Waals surface area contributed by atoms with Crippen molar-refractivity contribution in [3.63, 3.8) is 0 Å². The topological polar surface area (TPSA) is 28.2 Å². The Morgan fingerprint density at radius 1 is 1.40 bits per heavy atom. The quantitative estimate of drug-likeness (QED) is 0.753. The molecule has 0 aliphatic carbocycles. The normalized spacial score (nSPS) is 21.8. The number of aryl methyl sites for hydroxylation is 2. The van der Waals surface area contributed by atoms with Gasteiger partial charge in [0, 0.05) is 31.4 Å². The van der Waals surface area contributed by atoms with Gasteiger partial charge in [0.05, 0.1) is 11.4 Å². The summed E-state index contributed by atoms with van der Waals surface area (Å²) in [6, 6.07) is 4.85. The molecular weight excluding hydrogens is 186 g/mol. The molecule has 1 N–H and O–H groups in total. The fourth-order valence-corrected chi connectivity index (χ4v) is 2.18. The number of nitrogens with one attached hydrogen (secondary N) is 1. The van der Waals surface area contributed by atoms with Crippen molar-refractivity contribution in [2.45, 2.75) is 26.8 Å². The lowest BCUT2D eigenvalue weighted by atomic mass is 10.1. The summed E-state index contributed by atoms with van der Waals surface area (Å²) in [7, 11) is 0. The van der Waals surface area contributed by atoms with E-state index in [2.05, 4.69) is 41.2 Å². The standard InChI is InChI=1S/C12H19N3/c1-9-4-5-12(11(3)14-9)15-7-6-13-8-10(15)2/h4-5,10,13H,6-8H2,1-3H3. The molecule has 1 unspecified atom stereocenters. The predicted octanol–water partition coefficient (Wildman–Crippen LogP) is 1.50. The van der Waals surface area contributed by atoms with Gasteiger partial charge in [-0.05, 0) is 32.9 Å². The third-order valence-corrected chi connectivity index (χ3v) is 3.01. The number of hydrogen-bond donors (Lipinski definition) is 1. The van der Waals surface area contributed by atoms with E-state index < -0.39 is 0 Å². The Labute approximate surface area is 91.5 Å². The minimum Gasteiger partial charge on any atom is -0.365 e. The average Bonchev–Trinajstić information content (AvgIpc) is 2.20. The van der Waals surface area contributed by atoms with Gasteiger partial charge in [-0.15, -0.1) is 0 Å². The number of rotatable bonds is 1. The minimum absolute atomic E-state index is 0.557. The van der Waals surface area contributed by atoms with E-state index in [1.54, 1.807) is 0 Å². The van der Waals surface area contributed by atoms with Crippen molar-refractivity contribution in [3.05, 3.63) is 23.5 Å². The first-order valence-electron chi connectivity index (χ1n) is 5.60. The van der Waals surface area contributed by atoms with Crippen molar-refractivity contribution in [2.75, 3.05) is 24.5 Å². The van der Waals surface area contributed by atoms with E-state index in [1.165, 1.54) is 5.69 Å². The maximum absolute atomic E-state index is 4.52. The Bertz CT molecular complexity index is 349. The predicted molar refractivity (Wildman–Crippen MR) is 63.4 cm³/mol. The first-order chi connectivity index (χ1) is 7.18. The van der Waals surface area contributed by atoms with E-state index in [1.807, 2.05) is 6.92 Å². The number of nitrogens with zero attached hydrogens (tertiary/aromatic N) is 2. The second-order valence-corrected chi connectivity index (χ2v) is 4.30. The lowest BCUT2D eigenvalue weighted by Crippen LogP contribution is -2.50. The molecule has 0 amide bonds. The smallest absolute Gasteiger partial charge is 0.0609 e. The fraction of sp³-hybridized carbons (Fsp3) is 0.583. The number of hydrogen-bond acceptors (Lipinski definition) is 3. The average molecular weight is 205 g/mol. The van der Waals surface area contributed by atoms with Crippen molar-refractivity contribution < 1.29 is 0 Å². The van der Waals surface area contributed by atoms with Crippen LogP contribution in [0.2, 0.25) is 0 Å². The van der Waals surface area contributed by atoms with Gasteiger partial charge in [-0.2, -0.15) is 0 Å². The summed E-state index contributed by atoms with van der Waals surface area (Å²) in [6.45, 7) is 9.60. The van der Waals surface area contributed by atoms with E-state index >= 15 is 0 Å². The van der Waals surface area contributed by atoms with Crippen LogP contribution in [0, 0.1) is 13.8 Å². The molecule has 1 aromatic rings. The van der Waals surface area contributed by atoms with Crippen molar-refractivity contribution in [1.29, 1.82) is 0 Å². The van der Waals surface area contributed by atoms with Crippen LogP contribution in [-0.4, -0.2) is 30.7 Å². The van der Waals surface area contributed by atoms with Gasteiger partial charge in [0.15, 0.2) is 0 Å². The lowest BCUT2D eigenvalue weighted by Gasteiger charge is -2.36. The SMILES string of the molecule is Cc1ccc(N2CCNCC2C)c(C)n1. The first kappa shape index (κ1) is 10.4. The zero-order chi connectivity index (χ0) is 10.8. The summed E-state index contributed by atoms with van der Waals surface area (Å²) in [5.74, 6) is 0. The molecule has 0 bridgehead atoms. The molecule has 1 aliphatic rings. The maximum Gasteiger partial charge on any atom is 0.0609 e. The van der Waals surface area contributed by atoms with Gasteiger partial charge in [0.1, 0.15) is 0 Å². The number of piperazine rings is 1. The van der Waals surface area contributed by atoms with Gasteiger partial charge in [0.2, 0.25) is 0 Å². The molecule has 3 heteroatoms. The molecule has 1 aliphatic heterocycles. The molecule has 82 valence electrons. The van der Waals surface area contributed by atoms with E-state index in [0.717, 1.165) is 31.0 Å². The van der Waals surface area contributed by atoms with Crippen LogP contribution in [-0.2, 0) is 0 Å². The van der Waals surface area contributed by atoms with E-state index in [9.17, 15) is 0 Å². The zero-order valence-electron chi connectivity index (χ0n) is 9.75. The molecule has 15 heavy (non-hydrogen) atoms. The third-order valence-electron chi connectivity index (χ3n) is 3.01. The van der Waals surface area contributed by atoms with Gasteiger partial charge in [0.25, 0.3) is 0 Å². The highest BCUT2D eigenvalue weighted by atomic mass is 15.2. The summed E-state index contributed by atoms with van der Waals surface area (Å²) in [5, 5.41) is 3.40. The summed E-state index contributed by atoms with van der Waals surface area (Å²) in [6.07, 6.45) is 0. The molecule has 2 heterocycles. The summed E-state index contributed by atoms with van der Waals surface area (Å²) in [5.41, 5.74) is 3.53.